The summed E-state index contributed by atoms with van der Waals surface area (Å²) in [5.74, 6) is 0.426. The summed E-state index contributed by atoms with van der Waals surface area (Å²) < 4.78 is 1.78. The number of hydrogen-bond donors (Lipinski definition) is 0. The van der Waals surface area contributed by atoms with Gasteiger partial charge in [-0.2, -0.15) is 5.26 Å². The smallest absolute Gasteiger partial charge is 0.213 e. The number of rotatable bonds is 2. The molecular formula is C8H6N4S. The van der Waals surface area contributed by atoms with Crippen LogP contribution in [0.3, 0.4) is 0 Å². The van der Waals surface area contributed by atoms with Gasteiger partial charge in [-0.05, 0) is 0 Å². The molecule has 5 heteroatoms. The fraction of sp³-hybridized carbons (Fsp3) is 0.125. The fourth-order valence-electron chi connectivity index (χ4n) is 1.03. The van der Waals surface area contributed by atoms with Gasteiger partial charge < -0.3 is 4.57 Å². The number of nitriles is 1. The van der Waals surface area contributed by atoms with Crippen LogP contribution in [0.5, 0.6) is 0 Å². The molecule has 4 nitrogen and oxygen atoms in total. The molecule has 0 saturated carbocycles. The highest BCUT2D eigenvalue weighted by Crippen LogP contribution is 2.07. The molecule has 0 amide bonds. The van der Waals surface area contributed by atoms with Crippen LogP contribution in [0.15, 0.2) is 24.0 Å². The Hall–Kier alpha value is -1.67. The fourth-order valence-corrected chi connectivity index (χ4v) is 1.64. The van der Waals surface area contributed by atoms with Crippen molar-refractivity contribution >= 4 is 11.3 Å². The Bertz CT molecular complexity index is 423. The van der Waals surface area contributed by atoms with Crippen LogP contribution in [0.4, 0.5) is 0 Å². The maximum atomic E-state index is 8.69. The zero-order valence-corrected chi connectivity index (χ0v) is 7.53. The van der Waals surface area contributed by atoms with Crippen molar-refractivity contribution in [3.8, 4) is 6.07 Å². The topological polar surface area (TPSA) is 54.5 Å². The molecular weight excluding hydrogens is 184 g/mol. The van der Waals surface area contributed by atoms with Crippen molar-refractivity contribution in [2.75, 3.05) is 0 Å². The molecule has 64 valence electrons. The third-order valence-electron chi connectivity index (χ3n) is 1.60. The average Bonchev–Trinajstić information content (AvgIpc) is 2.76. The first kappa shape index (κ1) is 7.95. The lowest BCUT2D eigenvalue weighted by atomic mass is 10.6. The summed E-state index contributed by atoms with van der Waals surface area (Å²) in [4.78, 5) is 8.02. The van der Waals surface area contributed by atoms with Gasteiger partial charge in [0, 0.05) is 24.0 Å². The predicted molar refractivity (Wildman–Crippen MR) is 48.2 cm³/mol. The SMILES string of the molecule is N#Cc1nccn1Cc1nccs1. The van der Waals surface area contributed by atoms with Crippen LogP contribution in [0.1, 0.15) is 10.8 Å². The summed E-state index contributed by atoms with van der Waals surface area (Å²) in [5.41, 5.74) is 0. The molecule has 0 fully saturated rings. The maximum Gasteiger partial charge on any atom is 0.213 e. The van der Waals surface area contributed by atoms with E-state index in [1.54, 1.807) is 34.5 Å². The summed E-state index contributed by atoms with van der Waals surface area (Å²) in [7, 11) is 0. The first-order valence-electron chi connectivity index (χ1n) is 3.70. The van der Waals surface area contributed by atoms with Crippen LogP contribution >= 0.6 is 11.3 Å². The molecule has 0 aliphatic heterocycles. The number of imidazole rings is 1. The van der Waals surface area contributed by atoms with Crippen molar-refractivity contribution in [1.29, 1.82) is 5.26 Å². The van der Waals surface area contributed by atoms with Crippen LogP contribution in [0.2, 0.25) is 0 Å². The first-order chi connectivity index (χ1) is 6.40. The molecule has 2 heterocycles. The van der Waals surface area contributed by atoms with E-state index in [4.69, 9.17) is 5.26 Å². The van der Waals surface area contributed by atoms with Crippen molar-refractivity contribution in [1.82, 2.24) is 14.5 Å². The molecule has 0 radical (unpaired) electrons. The molecule has 0 spiro atoms. The minimum Gasteiger partial charge on any atom is -0.316 e. The third kappa shape index (κ3) is 1.58. The minimum atomic E-state index is 0.426. The van der Waals surface area contributed by atoms with E-state index in [0.29, 0.717) is 12.4 Å². The molecule has 0 saturated heterocycles. The summed E-state index contributed by atoms with van der Waals surface area (Å²) >= 11 is 1.57. The Balaban J connectivity index is 2.24. The second-order valence-corrected chi connectivity index (χ2v) is 3.40. The van der Waals surface area contributed by atoms with Gasteiger partial charge in [-0.1, -0.05) is 0 Å². The van der Waals surface area contributed by atoms with E-state index in [2.05, 4.69) is 9.97 Å². The van der Waals surface area contributed by atoms with E-state index in [9.17, 15) is 0 Å². The second-order valence-electron chi connectivity index (χ2n) is 2.42. The Labute approximate surface area is 79.1 Å². The van der Waals surface area contributed by atoms with Crippen LogP contribution in [0, 0.1) is 11.3 Å². The lowest BCUT2D eigenvalue weighted by Gasteiger charge is -1.98. The van der Waals surface area contributed by atoms with Gasteiger partial charge in [-0.3, -0.25) is 0 Å². The summed E-state index contributed by atoms with van der Waals surface area (Å²) in [6, 6.07) is 2.02. The molecule has 0 bridgehead atoms. The van der Waals surface area contributed by atoms with E-state index in [1.807, 2.05) is 11.4 Å². The normalized spacial score (nSPS) is 9.77. The van der Waals surface area contributed by atoms with Crippen LogP contribution in [-0.4, -0.2) is 14.5 Å². The lowest BCUT2D eigenvalue weighted by molar-refractivity contribution is 0.776. The van der Waals surface area contributed by atoms with Gasteiger partial charge in [-0.15, -0.1) is 11.3 Å². The van der Waals surface area contributed by atoms with Crippen molar-refractivity contribution in [2.24, 2.45) is 0 Å². The number of aromatic nitrogens is 3. The van der Waals surface area contributed by atoms with E-state index in [0.717, 1.165) is 5.01 Å². The Morgan fingerprint density at radius 2 is 2.38 bits per heavy atom. The summed E-state index contributed by atoms with van der Waals surface area (Å²) in [5, 5.41) is 11.6. The molecule has 13 heavy (non-hydrogen) atoms. The molecule has 0 atom stereocenters. The number of nitrogens with zero attached hydrogens (tertiary/aromatic N) is 4. The van der Waals surface area contributed by atoms with Crippen LogP contribution < -0.4 is 0 Å². The molecule has 0 unspecified atom stereocenters. The van der Waals surface area contributed by atoms with E-state index in [1.165, 1.54) is 0 Å². The lowest BCUT2D eigenvalue weighted by Crippen LogP contribution is -2.00. The molecule has 0 aliphatic rings. The van der Waals surface area contributed by atoms with Gasteiger partial charge in [0.2, 0.25) is 5.82 Å². The summed E-state index contributed by atoms with van der Waals surface area (Å²) in [6.07, 6.45) is 5.15. The second kappa shape index (κ2) is 3.37. The quantitative estimate of drug-likeness (QED) is 0.716. The van der Waals surface area contributed by atoms with Crippen LogP contribution in [-0.2, 0) is 6.54 Å². The molecule has 0 N–H and O–H groups in total. The van der Waals surface area contributed by atoms with Crippen molar-refractivity contribution in [2.45, 2.75) is 6.54 Å². The van der Waals surface area contributed by atoms with Gasteiger partial charge >= 0.3 is 0 Å². The molecule has 2 aromatic heterocycles. The van der Waals surface area contributed by atoms with Gasteiger partial charge in [0.1, 0.15) is 11.1 Å². The molecule has 2 rings (SSSR count). The predicted octanol–water partition coefficient (Wildman–Crippen LogP) is 1.26. The Morgan fingerprint density at radius 1 is 1.46 bits per heavy atom. The highest BCUT2D eigenvalue weighted by Gasteiger charge is 2.02. The molecule has 2 aromatic rings. The van der Waals surface area contributed by atoms with Gasteiger partial charge in [0.25, 0.3) is 0 Å². The summed E-state index contributed by atoms with van der Waals surface area (Å²) in [6.45, 7) is 0.626. The Morgan fingerprint density at radius 3 is 3.08 bits per heavy atom. The average molecular weight is 190 g/mol. The first-order valence-corrected chi connectivity index (χ1v) is 4.57. The van der Waals surface area contributed by atoms with Crippen LogP contribution in [0.25, 0.3) is 0 Å². The largest absolute Gasteiger partial charge is 0.316 e. The standard InChI is InChI=1S/C8H6N4S/c9-5-7-10-1-3-12(7)6-8-11-2-4-13-8/h1-4H,6H2. The maximum absolute atomic E-state index is 8.69. The van der Waals surface area contributed by atoms with Gasteiger partial charge in [0.15, 0.2) is 0 Å². The zero-order valence-electron chi connectivity index (χ0n) is 6.71. The monoisotopic (exact) mass is 190 g/mol. The van der Waals surface area contributed by atoms with Gasteiger partial charge in [0.05, 0.1) is 6.54 Å². The van der Waals surface area contributed by atoms with E-state index >= 15 is 0 Å². The minimum absolute atomic E-state index is 0.426. The zero-order chi connectivity index (χ0) is 9.10. The number of hydrogen-bond acceptors (Lipinski definition) is 4. The van der Waals surface area contributed by atoms with Crippen molar-refractivity contribution in [3.63, 3.8) is 0 Å². The molecule has 0 aromatic carbocycles. The third-order valence-corrected chi connectivity index (χ3v) is 2.37. The number of thiazole rings is 1. The highest BCUT2D eigenvalue weighted by molar-refractivity contribution is 7.09. The van der Waals surface area contributed by atoms with E-state index in [-0.39, 0.29) is 0 Å². The van der Waals surface area contributed by atoms with Crippen molar-refractivity contribution < 1.29 is 0 Å². The highest BCUT2D eigenvalue weighted by atomic mass is 32.1. The molecule has 0 aliphatic carbocycles. The van der Waals surface area contributed by atoms with E-state index < -0.39 is 0 Å². The van der Waals surface area contributed by atoms with Crippen molar-refractivity contribution in [3.05, 3.63) is 34.8 Å². The van der Waals surface area contributed by atoms with Gasteiger partial charge in [-0.25, -0.2) is 9.97 Å². The Kier molecular flexibility index (Phi) is 2.06.